The van der Waals surface area contributed by atoms with E-state index in [2.05, 4.69) is 25.5 Å². The van der Waals surface area contributed by atoms with Crippen LogP contribution in [0, 0.1) is 12.8 Å². The van der Waals surface area contributed by atoms with E-state index in [9.17, 15) is 4.79 Å². The normalized spacial score (nSPS) is 17.8. The van der Waals surface area contributed by atoms with E-state index in [0.29, 0.717) is 26.4 Å². The molecule has 1 aromatic carbocycles. The molecular weight excluding hydrogens is 370 g/mol. The van der Waals surface area contributed by atoms with Crippen molar-refractivity contribution in [3.63, 3.8) is 0 Å². The van der Waals surface area contributed by atoms with Crippen molar-refractivity contribution < 1.29 is 14.3 Å². The van der Waals surface area contributed by atoms with Crippen molar-refractivity contribution in [2.45, 2.75) is 19.8 Å². The highest BCUT2D eigenvalue weighted by molar-refractivity contribution is 5.92. The lowest BCUT2D eigenvalue weighted by Gasteiger charge is -2.28. The van der Waals surface area contributed by atoms with E-state index in [1.54, 1.807) is 0 Å². The van der Waals surface area contributed by atoms with E-state index in [0.717, 1.165) is 54.8 Å². The van der Waals surface area contributed by atoms with Crippen LogP contribution < -0.4 is 15.5 Å². The first kappa shape index (κ1) is 19.6. The fraction of sp³-hybridized carbons (Fsp3) is 0.476. The average Bonchev–Trinajstić information content (AvgIpc) is 2.76. The Bertz CT molecular complexity index is 831. The summed E-state index contributed by atoms with van der Waals surface area (Å²) in [5.74, 6) is 2.47. The number of aromatic nitrogens is 2. The van der Waals surface area contributed by atoms with E-state index in [1.807, 2.05) is 37.3 Å². The first-order chi connectivity index (χ1) is 14.2. The smallest absolute Gasteiger partial charge is 0.227 e. The van der Waals surface area contributed by atoms with Crippen molar-refractivity contribution in [2.75, 3.05) is 55.1 Å². The van der Waals surface area contributed by atoms with E-state index in [1.165, 1.54) is 0 Å². The van der Waals surface area contributed by atoms with E-state index in [-0.39, 0.29) is 11.8 Å². The van der Waals surface area contributed by atoms with Crippen LogP contribution in [0.4, 0.5) is 23.0 Å². The zero-order valence-corrected chi connectivity index (χ0v) is 16.7. The van der Waals surface area contributed by atoms with Crippen molar-refractivity contribution in [1.82, 2.24) is 9.97 Å². The fourth-order valence-corrected chi connectivity index (χ4v) is 3.56. The monoisotopic (exact) mass is 397 g/mol. The van der Waals surface area contributed by atoms with Gasteiger partial charge < -0.3 is 25.0 Å². The second-order valence-corrected chi connectivity index (χ2v) is 7.34. The molecule has 2 N–H and O–H groups in total. The maximum atomic E-state index is 12.4. The molecule has 0 saturated carbocycles. The molecule has 154 valence electrons. The van der Waals surface area contributed by atoms with Crippen molar-refractivity contribution in [1.29, 1.82) is 0 Å². The Hall–Kier alpha value is -2.71. The number of ether oxygens (including phenoxy) is 2. The minimum atomic E-state index is 0.0316. The van der Waals surface area contributed by atoms with Crippen LogP contribution in [0.5, 0.6) is 0 Å². The van der Waals surface area contributed by atoms with Gasteiger partial charge in [-0.3, -0.25) is 4.79 Å². The van der Waals surface area contributed by atoms with E-state index >= 15 is 0 Å². The van der Waals surface area contributed by atoms with Crippen LogP contribution in [-0.2, 0) is 14.3 Å². The summed E-state index contributed by atoms with van der Waals surface area (Å²) < 4.78 is 10.7. The third kappa shape index (κ3) is 5.21. The number of carbonyl (C=O) groups is 1. The maximum absolute atomic E-state index is 12.4. The second-order valence-electron chi connectivity index (χ2n) is 7.34. The van der Waals surface area contributed by atoms with Gasteiger partial charge in [0.05, 0.1) is 13.2 Å². The lowest BCUT2D eigenvalue weighted by Crippen LogP contribution is -2.36. The lowest BCUT2D eigenvalue weighted by molar-refractivity contribution is -0.122. The molecule has 0 bridgehead atoms. The first-order valence-electron chi connectivity index (χ1n) is 10.1. The Balaban J connectivity index is 1.39. The predicted molar refractivity (Wildman–Crippen MR) is 112 cm³/mol. The van der Waals surface area contributed by atoms with Crippen molar-refractivity contribution >= 4 is 28.9 Å². The van der Waals surface area contributed by atoms with Crippen LogP contribution in [0.3, 0.4) is 0 Å². The molecule has 0 spiro atoms. The van der Waals surface area contributed by atoms with E-state index in [4.69, 9.17) is 9.47 Å². The summed E-state index contributed by atoms with van der Waals surface area (Å²) in [5, 5.41) is 6.33. The quantitative estimate of drug-likeness (QED) is 0.802. The molecule has 0 unspecified atom stereocenters. The number of anilines is 4. The molecule has 1 amide bonds. The molecule has 0 aliphatic carbocycles. The Morgan fingerprint density at radius 2 is 1.66 bits per heavy atom. The van der Waals surface area contributed by atoms with Gasteiger partial charge in [0.15, 0.2) is 0 Å². The average molecular weight is 397 g/mol. The minimum Gasteiger partial charge on any atom is -0.381 e. The molecule has 3 heterocycles. The molecule has 1 aromatic heterocycles. The highest BCUT2D eigenvalue weighted by atomic mass is 16.5. The predicted octanol–water partition coefficient (Wildman–Crippen LogP) is 2.73. The Morgan fingerprint density at radius 3 is 2.38 bits per heavy atom. The van der Waals surface area contributed by atoms with Gasteiger partial charge in [-0.05, 0) is 44.0 Å². The molecule has 2 fully saturated rings. The third-order valence-corrected chi connectivity index (χ3v) is 5.18. The van der Waals surface area contributed by atoms with Crippen LogP contribution >= 0.6 is 0 Å². The third-order valence-electron chi connectivity index (χ3n) is 5.18. The van der Waals surface area contributed by atoms with Crippen molar-refractivity contribution in [2.24, 2.45) is 5.92 Å². The molecule has 2 aromatic rings. The second kappa shape index (κ2) is 9.19. The standard InChI is InChI=1S/C21H27N5O3/c1-15-22-19(14-20(23-15)26-8-12-29-13-9-26)24-17-2-4-18(5-3-17)25-21(27)16-6-10-28-11-7-16/h2-5,14,16H,6-13H2,1H3,(H,25,27)(H,22,23,24). The highest BCUT2D eigenvalue weighted by Crippen LogP contribution is 2.23. The summed E-state index contributed by atoms with van der Waals surface area (Å²) in [6, 6.07) is 9.63. The van der Waals surface area contributed by atoms with Crippen LogP contribution in [0.15, 0.2) is 30.3 Å². The van der Waals surface area contributed by atoms with Crippen molar-refractivity contribution in [3.05, 3.63) is 36.2 Å². The summed E-state index contributed by atoms with van der Waals surface area (Å²) in [6.07, 6.45) is 1.56. The summed E-state index contributed by atoms with van der Waals surface area (Å²) in [4.78, 5) is 23.6. The van der Waals surface area contributed by atoms with Gasteiger partial charge in [0.1, 0.15) is 17.5 Å². The fourth-order valence-electron chi connectivity index (χ4n) is 3.56. The number of carbonyl (C=O) groups excluding carboxylic acids is 1. The number of morpholine rings is 1. The zero-order valence-electron chi connectivity index (χ0n) is 16.7. The van der Waals surface area contributed by atoms with Gasteiger partial charge in [-0.25, -0.2) is 9.97 Å². The largest absolute Gasteiger partial charge is 0.381 e. The van der Waals surface area contributed by atoms with Crippen molar-refractivity contribution in [3.8, 4) is 0 Å². The topological polar surface area (TPSA) is 88.6 Å². The zero-order chi connectivity index (χ0) is 20.1. The van der Waals surface area contributed by atoms with Gasteiger partial charge in [-0.15, -0.1) is 0 Å². The van der Waals surface area contributed by atoms with Crippen LogP contribution in [0.25, 0.3) is 0 Å². The molecule has 2 aliphatic rings. The Morgan fingerprint density at radius 1 is 1.00 bits per heavy atom. The SMILES string of the molecule is Cc1nc(Nc2ccc(NC(=O)C3CCOCC3)cc2)cc(N2CCOCC2)n1. The summed E-state index contributed by atoms with van der Waals surface area (Å²) in [6.45, 7) is 6.30. The minimum absolute atomic E-state index is 0.0316. The number of nitrogens with one attached hydrogen (secondary N) is 2. The molecule has 29 heavy (non-hydrogen) atoms. The van der Waals surface area contributed by atoms with Crippen LogP contribution in [-0.4, -0.2) is 55.4 Å². The van der Waals surface area contributed by atoms with E-state index < -0.39 is 0 Å². The van der Waals surface area contributed by atoms with Gasteiger partial charge in [0, 0.05) is 49.7 Å². The first-order valence-corrected chi connectivity index (χ1v) is 10.1. The van der Waals surface area contributed by atoms with Gasteiger partial charge in [-0.1, -0.05) is 0 Å². The molecule has 0 radical (unpaired) electrons. The maximum Gasteiger partial charge on any atom is 0.227 e. The number of benzene rings is 1. The Kier molecular flexibility index (Phi) is 6.21. The molecular formula is C21H27N5O3. The van der Waals surface area contributed by atoms with Crippen LogP contribution in [0.1, 0.15) is 18.7 Å². The molecule has 0 atom stereocenters. The highest BCUT2D eigenvalue weighted by Gasteiger charge is 2.21. The molecule has 8 nitrogen and oxygen atoms in total. The van der Waals surface area contributed by atoms with Crippen LogP contribution in [0.2, 0.25) is 0 Å². The summed E-state index contributed by atoms with van der Waals surface area (Å²) in [5.41, 5.74) is 1.69. The van der Waals surface area contributed by atoms with Gasteiger partial charge in [0.2, 0.25) is 5.91 Å². The molecule has 2 saturated heterocycles. The number of hydrogen-bond acceptors (Lipinski definition) is 7. The summed E-state index contributed by atoms with van der Waals surface area (Å²) in [7, 11) is 0. The number of amides is 1. The van der Waals surface area contributed by atoms with Gasteiger partial charge in [0.25, 0.3) is 0 Å². The number of nitrogens with zero attached hydrogens (tertiary/aromatic N) is 3. The van der Waals surface area contributed by atoms with Gasteiger partial charge in [-0.2, -0.15) is 0 Å². The number of hydrogen-bond donors (Lipinski definition) is 2. The lowest BCUT2D eigenvalue weighted by atomic mass is 9.99. The summed E-state index contributed by atoms with van der Waals surface area (Å²) >= 11 is 0. The molecule has 4 rings (SSSR count). The molecule has 2 aliphatic heterocycles. The van der Waals surface area contributed by atoms with Gasteiger partial charge >= 0.3 is 0 Å². The molecule has 8 heteroatoms. The Labute approximate surface area is 170 Å². The number of aryl methyl sites for hydroxylation is 1. The number of rotatable bonds is 5.